The predicted molar refractivity (Wildman–Crippen MR) is 59.8 cm³/mol. The Morgan fingerprint density at radius 2 is 2.19 bits per heavy atom. The zero-order valence-corrected chi connectivity index (χ0v) is 9.82. The summed E-state index contributed by atoms with van der Waals surface area (Å²) in [6.45, 7) is 3.50. The zero-order chi connectivity index (χ0) is 12.3. The third-order valence-corrected chi connectivity index (χ3v) is 3.20. The number of nitrogens with one attached hydrogen (secondary N) is 1. The van der Waals surface area contributed by atoms with E-state index in [0.29, 0.717) is 18.8 Å². The first-order chi connectivity index (χ1) is 7.35. The Morgan fingerprint density at radius 1 is 1.56 bits per heavy atom. The van der Waals surface area contributed by atoms with Crippen LogP contribution in [0.3, 0.4) is 0 Å². The van der Waals surface area contributed by atoms with Crippen LogP contribution >= 0.6 is 0 Å². The van der Waals surface area contributed by atoms with E-state index in [2.05, 4.69) is 12.2 Å². The molecule has 3 atom stereocenters. The molecule has 0 aromatic rings. The van der Waals surface area contributed by atoms with Gasteiger partial charge in [0.25, 0.3) is 0 Å². The highest BCUT2D eigenvalue weighted by atomic mass is 16.4. The number of rotatable bonds is 3. The lowest BCUT2D eigenvalue weighted by molar-refractivity contribution is -0.142. The van der Waals surface area contributed by atoms with Gasteiger partial charge in [-0.15, -0.1) is 0 Å². The smallest absolute Gasteiger partial charge is 0.325 e. The predicted octanol–water partition coefficient (Wildman–Crippen LogP) is 0.483. The van der Waals surface area contributed by atoms with E-state index in [1.807, 2.05) is 0 Å². The third kappa shape index (κ3) is 2.95. The van der Waals surface area contributed by atoms with Crippen LogP contribution in [0.15, 0.2) is 0 Å². The van der Waals surface area contributed by atoms with Gasteiger partial charge >= 0.3 is 5.97 Å². The van der Waals surface area contributed by atoms with E-state index in [9.17, 15) is 9.59 Å². The quantitative estimate of drug-likeness (QED) is 0.655. The summed E-state index contributed by atoms with van der Waals surface area (Å²) in [6.07, 6.45) is 3.27. The SMILES string of the molecule is CC1CCCC(N)(C(=O)N[C@H](C)C(=O)O)C1. The van der Waals surface area contributed by atoms with Crippen molar-refractivity contribution in [1.29, 1.82) is 0 Å². The number of amides is 1. The molecule has 0 heterocycles. The van der Waals surface area contributed by atoms with Crippen molar-refractivity contribution in [2.45, 2.75) is 51.1 Å². The molecule has 5 heteroatoms. The average Bonchev–Trinajstić information content (AvgIpc) is 2.16. The molecule has 4 N–H and O–H groups in total. The van der Waals surface area contributed by atoms with E-state index in [-0.39, 0.29) is 5.91 Å². The number of carboxylic acid groups (broad SMARTS) is 1. The summed E-state index contributed by atoms with van der Waals surface area (Å²) in [5.41, 5.74) is 5.15. The van der Waals surface area contributed by atoms with Gasteiger partial charge in [0, 0.05) is 0 Å². The highest BCUT2D eigenvalue weighted by molar-refractivity contribution is 5.89. The van der Waals surface area contributed by atoms with Gasteiger partial charge in [0.1, 0.15) is 6.04 Å². The van der Waals surface area contributed by atoms with Crippen molar-refractivity contribution in [2.24, 2.45) is 11.7 Å². The Hall–Kier alpha value is -1.10. The van der Waals surface area contributed by atoms with Gasteiger partial charge in [0.2, 0.25) is 5.91 Å². The molecule has 0 bridgehead atoms. The fourth-order valence-electron chi connectivity index (χ4n) is 2.20. The van der Waals surface area contributed by atoms with Crippen LogP contribution in [-0.4, -0.2) is 28.6 Å². The van der Waals surface area contributed by atoms with E-state index in [4.69, 9.17) is 10.8 Å². The molecule has 16 heavy (non-hydrogen) atoms. The molecule has 5 nitrogen and oxygen atoms in total. The van der Waals surface area contributed by atoms with Gasteiger partial charge in [-0.1, -0.05) is 19.8 Å². The lowest BCUT2D eigenvalue weighted by Crippen LogP contribution is -2.58. The Balaban J connectivity index is 2.61. The van der Waals surface area contributed by atoms with Crippen LogP contribution in [0, 0.1) is 5.92 Å². The molecule has 92 valence electrons. The van der Waals surface area contributed by atoms with E-state index >= 15 is 0 Å². The summed E-state index contributed by atoms with van der Waals surface area (Å²) in [6, 6.07) is -0.884. The fraction of sp³-hybridized carbons (Fsp3) is 0.818. The van der Waals surface area contributed by atoms with Gasteiger partial charge < -0.3 is 16.2 Å². The number of hydrogen-bond acceptors (Lipinski definition) is 3. The molecule has 0 spiro atoms. The number of carboxylic acids is 1. The van der Waals surface area contributed by atoms with E-state index in [0.717, 1.165) is 12.8 Å². The Labute approximate surface area is 95.4 Å². The van der Waals surface area contributed by atoms with Crippen molar-refractivity contribution in [3.05, 3.63) is 0 Å². The molecule has 1 amide bonds. The number of hydrogen-bond donors (Lipinski definition) is 3. The first-order valence-corrected chi connectivity index (χ1v) is 5.68. The molecule has 2 unspecified atom stereocenters. The fourth-order valence-corrected chi connectivity index (χ4v) is 2.20. The Kier molecular flexibility index (Phi) is 3.91. The van der Waals surface area contributed by atoms with Crippen molar-refractivity contribution in [3.8, 4) is 0 Å². The van der Waals surface area contributed by atoms with Gasteiger partial charge in [-0.2, -0.15) is 0 Å². The van der Waals surface area contributed by atoms with Crippen LogP contribution in [0.25, 0.3) is 0 Å². The molecule has 0 radical (unpaired) electrons. The van der Waals surface area contributed by atoms with Gasteiger partial charge in [0.15, 0.2) is 0 Å². The maximum atomic E-state index is 11.9. The first-order valence-electron chi connectivity index (χ1n) is 5.68. The van der Waals surface area contributed by atoms with Crippen molar-refractivity contribution >= 4 is 11.9 Å². The van der Waals surface area contributed by atoms with Gasteiger partial charge in [0.05, 0.1) is 5.54 Å². The summed E-state index contributed by atoms with van der Waals surface area (Å²) in [5.74, 6) is -0.959. The molecule has 1 fully saturated rings. The molecule has 0 aromatic carbocycles. The summed E-state index contributed by atoms with van der Waals surface area (Å²) in [5, 5.41) is 11.2. The monoisotopic (exact) mass is 228 g/mol. The van der Waals surface area contributed by atoms with Crippen LogP contribution in [-0.2, 0) is 9.59 Å². The molecule has 1 rings (SSSR count). The molecule has 0 aromatic heterocycles. The van der Waals surface area contributed by atoms with E-state index in [1.165, 1.54) is 6.92 Å². The maximum Gasteiger partial charge on any atom is 0.325 e. The van der Waals surface area contributed by atoms with Crippen molar-refractivity contribution < 1.29 is 14.7 Å². The number of aliphatic carboxylic acids is 1. The van der Waals surface area contributed by atoms with E-state index in [1.54, 1.807) is 0 Å². The Morgan fingerprint density at radius 3 is 2.69 bits per heavy atom. The molecule has 1 saturated carbocycles. The minimum absolute atomic E-state index is 0.339. The second kappa shape index (κ2) is 4.82. The minimum Gasteiger partial charge on any atom is -0.480 e. The van der Waals surface area contributed by atoms with Crippen molar-refractivity contribution in [3.63, 3.8) is 0 Å². The van der Waals surface area contributed by atoms with Crippen LogP contribution < -0.4 is 11.1 Å². The summed E-state index contributed by atoms with van der Waals surface area (Å²) >= 11 is 0. The summed E-state index contributed by atoms with van der Waals surface area (Å²) in [4.78, 5) is 22.5. The van der Waals surface area contributed by atoms with Crippen molar-refractivity contribution in [1.82, 2.24) is 5.32 Å². The number of nitrogens with two attached hydrogens (primary N) is 1. The van der Waals surface area contributed by atoms with Crippen molar-refractivity contribution in [2.75, 3.05) is 0 Å². The van der Waals surface area contributed by atoms with Gasteiger partial charge in [-0.3, -0.25) is 9.59 Å². The topological polar surface area (TPSA) is 92.4 Å². The first kappa shape index (κ1) is 13.0. The molecule has 0 saturated heterocycles. The minimum atomic E-state index is -1.04. The highest BCUT2D eigenvalue weighted by Crippen LogP contribution is 2.30. The third-order valence-electron chi connectivity index (χ3n) is 3.20. The molecule has 1 aliphatic rings. The molecular weight excluding hydrogens is 208 g/mol. The lowest BCUT2D eigenvalue weighted by Gasteiger charge is -2.35. The van der Waals surface area contributed by atoms with Crippen LogP contribution in [0.4, 0.5) is 0 Å². The zero-order valence-electron chi connectivity index (χ0n) is 9.82. The molecule has 1 aliphatic carbocycles. The van der Waals surface area contributed by atoms with Crippen LogP contribution in [0.5, 0.6) is 0 Å². The molecular formula is C11H20N2O3. The maximum absolute atomic E-state index is 11.9. The van der Waals surface area contributed by atoms with E-state index < -0.39 is 17.6 Å². The highest BCUT2D eigenvalue weighted by Gasteiger charge is 2.38. The normalized spacial score (nSPS) is 31.8. The lowest BCUT2D eigenvalue weighted by atomic mass is 9.76. The average molecular weight is 228 g/mol. The van der Waals surface area contributed by atoms with Gasteiger partial charge in [-0.05, 0) is 25.7 Å². The largest absolute Gasteiger partial charge is 0.480 e. The summed E-state index contributed by atoms with van der Waals surface area (Å²) in [7, 11) is 0. The standard InChI is InChI=1S/C11H20N2O3/c1-7-4-3-5-11(12,6-7)10(16)13-8(2)9(14)15/h7-8H,3-6,12H2,1-2H3,(H,13,16)(H,14,15)/t7?,8-,11?/m1/s1. The Bertz CT molecular complexity index is 293. The van der Waals surface area contributed by atoms with Crippen LogP contribution in [0.1, 0.15) is 39.5 Å². The summed E-state index contributed by atoms with van der Waals surface area (Å²) < 4.78 is 0. The van der Waals surface area contributed by atoms with Crippen LogP contribution in [0.2, 0.25) is 0 Å². The second-order valence-corrected chi connectivity index (χ2v) is 4.89. The van der Waals surface area contributed by atoms with Gasteiger partial charge in [-0.25, -0.2) is 0 Å². The molecule has 0 aliphatic heterocycles. The second-order valence-electron chi connectivity index (χ2n) is 4.89. The number of carbonyl (C=O) groups is 2. The number of carbonyl (C=O) groups excluding carboxylic acids is 1.